The van der Waals surface area contributed by atoms with Crippen LogP contribution in [-0.4, -0.2) is 47.8 Å². The Morgan fingerprint density at radius 2 is 1.86 bits per heavy atom. The van der Waals surface area contributed by atoms with Gasteiger partial charge in [-0.2, -0.15) is 0 Å². The van der Waals surface area contributed by atoms with E-state index in [1.54, 1.807) is 11.0 Å². The van der Waals surface area contributed by atoms with Gasteiger partial charge in [0.25, 0.3) is 5.91 Å². The number of amides is 1. The summed E-state index contributed by atoms with van der Waals surface area (Å²) in [7, 11) is 0. The van der Waals surface area contributed by atoms with Gasteiger partial charge in [0, 0.05) is 0 Å². The van der Waals surface area contributed by atoms with Gasteiger partial charge in [-0.05, 0) is 25.5 Å². The van der Waals surface area contributed by atoms with Gasteiger partial charge < -0.3 is 19.5 Å². The van der Waals surface area contributed by atoms with Crippen LogP contribution in [0.15, 0.2) is 24.3 Å². The molecule has 5 nitrogen and oxygen atoms in total. The molecular formula is C16H23NO4. The second-order valence-corrected chi connectivity index (χ2v) is 5.39. The van der Waals surface area contributed by atoms with E-state index in [0.717, 1.165) is 12.8 Å². The first kappa shape index (κ1) is 15.6. The molecular weight excluding hydrogens is 270 g/mol. The van der Waals surface area contributed by atoms with Crippen LogP contribution < -0.4 is 9.47 Å². The Labute approximate surface area is 125 Å². The van der Waals surface area contributed by atoms with Crippen molar-refractivity contribution in [1.29, 1.82) is 0 Å². The van der Waals surface area contributed by atoms with Crippen molar-refractivity contribution in [3.8, 4) is 11.5 Å². The summed E-state index contributed by atoms with van der Waals surface area (Å²) < 4.78 is 11.0. The van der Waals surface area contributed by atoms with Crippen LogP contribution in [0.2, 0.25) is 0 Å². The van der Waals surface area contributed by atoms with Gasteiger partial charge in [0.05, 0.1) is 25.3 Å². The van der Waals surface area contributed by atoms with E-state index in [-0.39, 0.29) is 12.5 Å². The number of rotatable bonds is 7. The summed E-state index contributed by atoms with van der Waals surface area (Å²) in [6.45, 7) is 5.23. The third-order valence-corrected chi connectivity index (χ3v) is 3.54. The van der Waals surface area contributed by atoms with Crippen molar-refractivity contribution in [3.05, 3.63) is 24.3 Å². The van der Waals surface area contributed by atoms with E-state index in [0.29, 0.717) is 31.2 Å². The first-order valence-corrected chi connectivity index (χ1v) is 7.43. The highest BCUT2D eigenvalue weighted by Gasteiger charge is 2.42. The lowest BCUT2D eigenvalue weighted by Gasteiger charge is -2.46. The Morgan fingerprint density at radius 3 is 2.43 bits per heavy atom. The number of para-hydroxylation sites is 2. The van der Waals surface area contributed by atoms with Gasteiger partial charge in [-0.15, -0.1) is 0 Å². The van der Waals surface area contributed by atoms with Crippen molar-refractivity contribution in [2.45, 2.75) is 32.3 Å². The van der Waals surface area contributed by atoms with Gasteiger partial charge in [0.1, 0.15) is 0 Å². The fourth-order valence-corrected chi connectivity index (χ4v) is 2.54. The van der Waals surface area contributed by atoms with Gasteiger partial charge in [0.15, 0.2) is 18.1 Å². The van der Waals surface area contributed by atoms with Crippen molar-refractivity contribution in [1.82, 2.24) is 4.90 Å². The molecule has 1 N–H and O–H groups in total. The van der Waals surface area contributed by atoms with E-state index in [2.05, 4.69) is 0 Å². The molecule has 0 aromatic heterocycles. The van der Waals surface area contributed by atoms with Gasteiger partial charge in [-0.3, -0.25) is 4.79 Å². The number of nitrogens with zero attached hydrogens (tertiary/aromatic N) is 1. The molecule has 1 aliphatic rings. The highest BCUT2D eigenvalue weighted by molar-refractivity contribution is 5.79. The molecule has 0 aliphatic carbocycles. The minimum Gasteiger partial charge on any atom is -0.490 e. The van der Waals surface area contributed by atoms with Crippen LogP contribution in [0.3, 0.4) is 0 Å². The van der Waals surface area contributed by atoms with Crippen LogP contribution in [0, 0.1) is 0 Å². The van der Waals surface area contributed by atoms with Gasteiger partial charge in [-0.1, -0.05) is 25.5 Å². The highest BCUT2D eigenvalue weighted by Crippen LogP contribution is 2.28. The molecule has 1 aliphatic heterocycles. The maximum absolute atomic E-state index is 12.0. The van der Waals surface area contributed by atoms with Crippen LogP contribution >= 0.6 is 0 Å². The van der Waals surface area contributed by atoms with Gasteiger partial charge in [0.2, 0.25) is 0 Å². The molecule has 0 spiro atoms. The Hall–Kier alpha value is -1.75. The number of carbonyl (C=O) groups excluding carboxylic acids is 1. The average molecular weight is 293 g/mol. The van der Waals surface area contributed by atoms with E-state index in [4.69, 9.17) is 9.47 Å². The van der Waals surface area contributed by atoms with E-state index >= 15 is 0 Å². The van der Waals surface area contributed by atoms with Crippen LogP contribution in [0.4, 0.5) is 0 Å². The quantitative estimate of drug-likeness (QED) is 0.833. The number of hydrogen-bond acceptors (Lipinski definition) is 4. The zero-order chi connectivity index (χ0) is 15.3. The molecule has 1 saturated heterocycles. The first-order chi connectivity index (χ1) is 10.1. The van der Waals surface area contributed by atoms with Crippen molar-refractivity contribution >= 4 is 5.91 Å². The minimum absolute atomic E-state index is 0.0354. The number of likely N-dealkylation sites (tertiary alicyclic amines) is 1. The Kier molecular flexibility index (Phi) is 5.07. The molecule has 116 valence electrons. The summed E-state index contributed by atoms with van der Waals surface area (Å²) in [5.74, 6) is 1.10. The normalized spacial score (nSPS) is 16.2. The molecule has 1 heterocycles. The maximum atomic E-state index is 12.0. The molecule has 1 fully saturated rings. The Bertz CT molecular complexity index is 483. The predicted octanol–water partition coefficient (Wildman–Crippen LogP) is 1.84. The summed E-state index contributed by atoms with van der Waals surface area (Å²) in [5.41, 5.74) is -0.701. The van der Waals surface area contributed by atoms with Crippen LogP contribution in [-0.2, 0) is 4.79 Å². The number of hydrogen-bond donors (Lipinski definition) is 1. The fraction of sp³-hybridized carbons (Fsp3) is 0.562. The second kappa shape index (κ2) is 6.80. The number of β-amino-alcohol motifs (C(OH)–C–C–N with tert-alkyl or cyclic N) is 1. The lowest BCUT2D eigenvalue weighted by Crippen LogP contribution is -2.64. The highest BCUT2D eigenvalue weighted by atomic mass is 16.5. The van der Waals surface area contributed by atoms with Crippen molar-refractivity contribution in [3.63, 3.8) is 0 Å². The molecule has 1 amide bonds. The summed E-state index contributed by atoms with van der Waals surface area (Å²) in [6, 6.07) is 7.29. The van der Waals surface area contributed by atoms with Crippen molar-refractivity contribution < 1.29 is 19.4 Å². The third-order valence-electron chi connectivity index (χ3n) is 3.54. The Morgan fingerprint density at radius 1 is 1.24 bits per heavy atom. The minimum atomic E-state index is -0.701. The number of carbonyl (C=O) groups is 1. The van der Waals surface area contributed by atoms with E-state index in [1.807, 2.05) is 32.0 Å². The monoisotopic (exact) mass is 293 g/mol. The largest absolute Gasteiger partial charge is 0.490 e. The standard InChI is InChI=1S/C16H23NO4/c1-3-9-16(19)11-17(12-16)15(18)10-21-14-8-6-5-7-13(14)20-4-2/h5-8,19H,3-4,9-12H2,1-2H3. The van der Waals surface area contributed by atoms with E-state index < -0.39 is 5.60 Å². The second-order valence-electron chi connectivity index (χ2n) is 5.39. The number of ether oxygens (including phenoxy) is 2. The molecule has 0 atom stereocenters. The fourth-order valence-electron chi connectivity index (χ4n) is 2.54. The maximum Gasteiger partial charge on any atom is 0.260 e. The summed E-state index contributed by atoms with van der Waals surface area (Å²) in [4.78, 5) is 13.6. The van der Waals surface area contributed by atoms with E-state index in [1.165, 1.54) is 0 Å². The number of benzene rings is 1. The summed E-state index contributed by atoms with van der Waals surface area (Å²) >= 11 is 0. The zero-order valence-corrected chi connectivity index (χ0v) is 12.7. The molecule has 0 radical (unpaired) electrons. The van der Waals surface area contributed by atoms with Crippen molar-refractivity contribution in [2.24, 2.45) is 0 Å². The number of aliphatic hydroxyl groups is 1. The third kappa shape index (κ3) is 3.88. The lowest BCUT2D eigenvalue weighted by atomic mass is 9.89. The van der Waals surface area contributed by atoms with Crippen LogP contribution in [0.5, 0.6) is 11.5 Å². The molecule has 5 heteroatoms. The van der Waals surface area contributed by atoms with Gasteiger partial charge in [-0.25, -0.2) is 0 Å². The van der Waals surface area contributed by atoms with Crippen molar-refractivity contribution in [2.75, 3.05) is 26.3 Å². The average Bonchev–Trinajstić information content (AvgIpc) is 2.44. The van der Waals surface area contributed by atoms with Gasteiger partial charge >= 0.3 is 0 Å². The first-order valence-electron chi connectivity index (χ1n) is 7.43. The molecule has 2 rings (SSSR count). The predicted molar refractivity (Wildman–Crippen MR) is 79.5 cm³/mol. The van der Waals surface area contributed by atoms with Crippen LogP contribution in [0.25, 0.3) is 0 Å². The molecule has 0 saturated carbocycles. The molecule has 21 heavy (non-hydrogen) atoms. The van der Waals surface area contributed by atoms with E-state index in [9.17, 15) is 9.90 Å². The molecule has 1 aromatic carbocycles. The zero-order valence-electron chi connectivity index (χ0n) is 12.7. The molecule has 1 aromatic rings. The Balaban J connectivity index is 1.83. The summed E-state index contributed by atoms with van der Waals surface area (Å²) in [5, 5.41) is 10.1. The lowest BCUT2D eigenvalue weighted by molar-refractivity contribution is -0.158. The SMILES string of the molecule is CCCC1(O)CN(C(=O)COc2ccccc2OCC)C1. The molecule has 0 unspecified atom stereocenters. The van der Waals surface area contributed by atoms with Crippen LogP contribution in [0.1, 0.15) is 26.7 Å². The topological polar surface area (TPSA) is 59.0 Å². The molecule has 0 bridgehead atoms. The smallest absolute Gasteiger partial charge is 0.260 e. The summed E-state index contributed by atoms with van der Waals surface area (Å²) in [6.07, 6.45) is 1.64.